The minimum Gasteiger partial charge on any atom is -0.455 e. The zero-order chi connectivity index (χ0) is 20.3. The van der Waals surface area contributed by atoms with Crippen LogP contribution in [0.3, 0.4) is 0 Å². The zero-order valence-electron chi connectivity index (χ0n) is 16.5. The zero-order valence-corrected chi connectivity index (χ0v) is 17.3. The third-order valence-electron chi connectivity index (χ3n) is 5.54. The summed E-state index contributed by atoms with van der Waals surface area (Å²) in [4.78, 5) is 25.5. The molecule has 1 aromatic carbocycles. The molecule has 0 spiro atoms. The second kappa shape index (κ2) is 8.61. The molecule has 2 aliphatic rings. The second-order valence-electron chi connectivity index (χ2n) is 7.55. The summed E-state index contributed by atoms with van der Waals surface area (Å²) in [5, 5.41) is 0. The molecule has 1 amide bonds. The SMILES string of the molecule is CC[C@H](C)c1ccc(S(=O)(=O)N2CCN(C(=O)COC(=O)C3CC3)CC2)cc1. The smallest absolute Gasteiger partial charge is 0.309 e. The van der Waals surface area contributed by atoms with Crippen molar-refractivity contribution in [3.05, 3.63) is 29.8 Å². The largest absolute Gasteiger partial charge is 0.455 e. The van der Waals surface area contributed by atoms with E-state index in [1.54, 1.807) is 17.0 Å². The average molecular weight is 409 g/mol. The van der Waals surface area contributed by atoms with Gasteiger partial charge in [-0.15, -0.1) is 0 Å². The molecule has 1 aromatic rings. The first kappa shape index (κ1) is 20.8. The molecule has 0 radical (unpaired) electrons. The van der Waals surface area contributed by atoms with Gasteiger partial charge in [0.15, 0.2) is 6.61 Å². The number of nitrogens with zero attached hydrogens (tertiary/aromatic N) is 2. The first-order valence-corrected chi connectivity index (χ1v) is 11.3. The number of hydrogen-bond donors (Lipinski definition) is 0. The van der Waals surface area contributed by atoms with E-state index < -0.39 is 10.0 Å². The van der Waals surface area contributed by atoms with E-state index in [1.807, 2.05) is 12.1 Å². The van der Waals surface area contributed by atoms with E-state index in [4.69, 9.17) is 4.74 Å². The molecule has 2 fully saturated rings. The van der Waals surface area contributed by atoms with Gasteiger partial charge in [0.1, 0.15) is 0 Å². The Hall–Kier alpha value is -1.93. The quantitative estimate of drug-likeness (QED) is 0.644. The molecule has 0 aromatic heterocycles. The number of carbonyl (C=O) groups is 2. The van der Waals surface area contributed by atoms with E-state index in [0.29, 0.717) is 19.0 Å². The highest BCUT2D eigenvalue weighted by molar-refractivity contribution is 7.89. The van der Waals surface area contributed by atoms with Crippen molar-refractivity contribution in [3.63, 3.8) is 0 Å². The second-order valence-corrected chi connectivity index (χ2v) is 9.48. The van der Waals surface area contributed by atoms with E-state index in [1.165, 1.54) is 4.31 Å². The molecule has 1 atom stereocenters. The average Bonchev–Trinajstić information content (AvgIpc) is 3.56. The van der Waals surface area contributed by atoms with Gasteiger partial charge in [0.2, 0.25) is 10.0 Å². The van der Waals surface area contributed by atoms with Gasteiger partial charge in [0, 0.05) is 26.2 Å². The summed E-state index contributed by atoms with van der Waals surface area (Å²) < 4.78 is 32.2. The molecule has 0 bridgehead atoms. The lowest BCUT2D eigenvalue weighted by molar-refractivity contribution is -0.153. The van der Waals surface area contributed by atoms with Crippen molar-refractivity contribution in [2.24, 2.45) is 5.92 Å². The molecule has 0 N–H and O–H groups in total. The summed E-state index contributed by atoms with van der Waals surface area (Å²) in [6.07, 6.45) is 2.67. The first-order valence-electron chi connectivity index (χ1n) is 9.87. The predicted molar refractivity (Wildman–Crippen MR) is 104 cm³/mol. The van der Waals surface area contributed by atoms with Gasteiger partial charge >= 0.3 is 5.97 Å². The lowest BCUT2D eigenvalue weighted by atomic mass is 9.99. The molecule has 1 saturated carbocycles. The van der Waals surface area contributed by atoms with Crippen LogP contribution in [0.2, 0.25) is 0 Å². The molecule has 1 saturated heterocycles. The van der Waals surface area contributed by atoms with Crippen molar-refractivity contribution in [3.8, 4) is 0 Å². The van der Waals surface area contributed by atoms with Crippen LogP contribution in [-0.4, -0.2) is 62.3 Å². The number of benzene rings is 1. The Labute approximate surface area is 166 Å². The summed E-state index contributed by atoms with van der Waals surface area (Å²) in [5.41, 5.74) is 1.12. The number of rotatable bonds is 7. The van der Waals surface area contributed by atoms with Crippen molar-refractivity contribution >= 4 is 21.9 Å². The Balaban J connectivity index is 1.54. The molecule has 28 heavy (non-hydrogen) atoms. The fraction of sp³-hybridized carbons (Fsp3) is 0.600. The number of amides is 1. The molecular formula is C20H28N2O5S. The maximum atomic E-state index is 12.9. The van der Waals surface area contributed by atoms with E-state index in [-0.39, 0.29) is 42.4 Å². The summed E-state index contributed by atoms with van der Waals surface area (Å²) in [6.45, 7) is 5.01. The van der Waals surface area contributed by atoms with Crippen LogP contribution in [0.25, 0.3) is 0 Å². The van der Waals surface area contributed by atoms with Gasteiger partial charge in [-0.1, -0.05) is 26.0 Å². The predicted octanol–water partition coefficient (Wildman–Crippen LogP) is 1.99. The van der Waals surface area contributed by atoms with Gasteiger partial charge in [-0.3, -0.25) is 9.59 Å². The van der Waals surface area contributed by atoms with Crippen LogP contribution in [-0.2, 0) is 24.3 Å². The Kier molecular flexibility index (Phi) is 6.40. The summed E-state index contributed by atoms with van der Waals surface area (Å²) >= 11 is 0. The first-order chi connectivity index (χ1) is 13.3. The van der Waals surface area contributed by atoms with E-state index in [9.17, 15) is 18.0 Å². The van der Waals surface area contributed by atoms with Crippen LogP contribution >= 0.6 is 0 Å². The minimum absolute atomic E-state index is 0.0403. The molecular weight excluding hydrogens is 380 g/mol. The normalized spacial score (nSPS) is 19.3. The number of carbonyl (C=O) groups excluding carboxylic acids is 2. The van der Waals surface area contributed by atoms with Crippen molar-refractivity contribution in [2.45, 2.75) is 43.9 Å². The monoisotopic (exact) mass is 408 g/mol. The van der Waals surface area contributed by atoms with Crippen molar-refractivity contribution < 1.29 is 22.7 Å². The van der Waals surface area contributed by atoms with E-state index in [0.717, 1.165) is 24.8 Å². The van der Waals surface area contributed by atoms with Gasteiger partial charge in [-0.05, 0) is 42.9 Å². The van der Waals surface area contributed by atoms with Crippen LogP contribution in [0.4, 0.5) is 0 Å². The molecule has 0 unspecified atom stereocenters. The van der Waals surface area contributed by atoms with Crippen molar-refractivity contribution in [1.29, 1.82) is 0 Å². The number of piperazine rings is 1. The highest BCUT2D eigenvalue weighted by Crippen LogP contribution is 2.30. The Morgan fingerprint density at radius 3 is 2.25 bits per heavy atom. The number of hydrogen-bond acceptors (Lipinski definition) is 5. The molecule has 8 heteroatoms. The van der Waals surface area contributed by atoms with Gasteiger partial charge in [0.05, 0.1) is 10.8 Å². The standard InChI is InChI=1S/C20H28N2O5S/c1-3-15(2)16-6-8-18(9-7-16)28(25,26)22-12-10-21(11-13-22)19(23)14-27-20(24)17-4-5-17/h6-9,15,17H,3-5,10-14H2,1-2H3/t15-/m0/s1. The third-order valence-corrected chi connectivity index (χ3v) is 7.45. The van der Waals surface area contributed by atoms with Crippen molar-refractivity contribution in [2.75, 3.05) is 32.8 Å². The van der Waals surface area contributed by atoms with Gasteiger partial charge in [0.25, 0.3) is 5.91 Å². The van der Waals surface area contributed by atoms with E-state index >= 15 is 0 Å². The highest BCUT2D eigenvalue weighted by Gasteiger charge is 2.33. The molecule has 3 rings (SSSR count). The minimum atomic E-state index is -3.58. The third kappa shape index (κ3) is 4.72. The Bertz CT molecular complexity index is 810. The summed E-state index contributed by atoms with van der Waals surface area (Å²) in [6, 6.07) is 7.06. The number of sulfonamides is 1. The Morgan fingerprint density at radius 1 is 1.11 bits per heavy atom. The lowest BCUT2D eigenvalue weighted by Gasteiger charge is -2.33. The van der Waals surface area contributed by atoms with E-state index in [2.05, 4.69) is 13.8 Å². The number of esters is 1. The van der Waals surface area contributed by atoms with Gasteiger partial charge in [-0.25, -0.2) is 8.42 Å². The molecule has 1 aliphatic carbocycles. The van der Waals surface area contributed by atoms with Crippen LogP contribution in [0, 0.1) is 5.92 Å². The summed E-state index contributed by atoms with van der Waals surface area (Å²) in [5.74, 6) is -0.235. The van der Waals surface area contributed by atoms with Crippen molar-refractivity contribution in [1.82, 2.24) is 9.21 Å². The van der Waals surface area contributed by atoms with Crippen LogP contribution in [0.15, 0.2) is 29.2 Å². The van der Waals surface area contributed by atoms with Crippen LogP contribution in [0.1, 0.15) is 44.6 Å². The number of ether oxygens (including phenoxy) is 1. The van der Waals surface area contributed by atoms with Crippen LogP contribution < -0.4 is 0 Å². The van der Waals surface area contributed by atoms with Gasteiger partial charge in [-0.2, -0.15) is 4.31 Å². The maximum absolute atomic E-state index is 12.9. The fourth-order valence-electron chi connectivity index (χ4n) is 3.19. The highest BCUT2D eigenvalue weighted by atomic mass is 32.2. The molecule has 154 valence electrons. The molecule has 7 nitrogen and oxygen atoms in total. The Morgan fingerprint density at radius 2 is 1.71 bits per heavy atom. The fourth-order valence-corrected chi connectivity index (χ4v) is 4.61. The molecule has 1 heterocycles. The lowest BCUT2D eigenvalue weighted by Crippen LogP contribution is -2.51. The summed E-state index contributed by atoms with van der Waals surface area (Å²) in [7, 11) is -3.58. The maximum Gasteiger partial charge on any atom is 0.309 e. The van der Waals surface area contributed by atoms with Crippen LogP contribution in [0.5, 0.6) is 0 Å². The molecule has 1 aliphatic heterocycles. The topological polar surface area (TPSA) is 84.0 Å². The van der Waals surface area contributed by atoms with Gasteiger partial charge < -0.3 is 9.64 Å².